The van der Waals surface area contributed by atoms with E-state index in [9.17, 15) is 22.7 Å². The van der Waals surface area contributed by atoms with Crippen LogP contribution >= 0.6 is 58.1 Å². The van der Waals surface area contributed by atoms with Gasteiger partial charge < -0.3 is 14.7 Å². The Morgan fingerprint density at radius 3 is 2.61 bits per heavy atom. The van der Waals surface area contributed by atoms with Crippen LogP contribution in [0.25, 0.3) is 10.1 Å². The molecule has 15 heteroatoms. The molecule has 36 heavy (non-hydrogen) atoms. The fourth-order valence-electron chi connectivity index (χ4n) is 2.97. The Bertz CT molecular complexity index is 1580. The predicted octanol–water partition coefficient (Wildman–Crippen LogP) is 6.12. The number of benzene rings is 2. The molecule has 188 valence electrons. The number of amides is 1. The highest BCUT2D eigenvalue weighted by molar-refractivity contribution is 9.10. The number of carbonyl (C=O) groups is 1. The molecular formula is C21H15BrCl2N3O6PS2. The molecule has 2 aromatic heterocycles. The normalized spacial score (nSPS) is 13.3. The summed E-state index contributed by atoms with van der Waals surface area (Å²) in [4.78, 5) is 26.8. The summed E-state index contributed by atoms with van der Waals surface area (Å²) in [7, 11) is -8.69. The molecule has 0 saturated heterocycles. The lowest BCUT2D eigenvalue weighted by atomic mass is 10.2. The number of pyridine rings is 1. The summed E-state index contributed by atoms with van der Waals surface area (Å²) in [5.41, 5.74) is 0.572. The van der Waals surface area contributed by atoms with E-state index in [1.807, 2.05) is 0 Å². The summed E-state index contributed by atoms with van der Waals surface area (Å²) in [5, 5.41) is 3.74. The van der Waals surface area contributed by atoms with E-state index in [1.165, 1.54) is 30.5 Å². The van der Waals surface area contributed by atoms with Crippen LogP contribution in [0, 0.1) is 0 Å². The molecular weight excluding hydrogens is 636 g/mol. The van der Waals surface area contributed by atoms with Gasteiger partial charge in [-0.15, -0.1) is 11.3 Å². The van der Waals surface area contributed by atoms with Crippen molar-refractivity contribution in [3.05, 3.63) is 81.0 Å². The zero-order valence-corrected chi connectivity index (χ0v) is 23.4. The summed E-state index contributed by atoms with van der Waals surface area (Å²) in [6.45, 7) is 0. The molecule has 1 amide bonds. The van der Waals surface area contributed by atoms with Crippen molar-refractivity contribution in [2.24, 2.45) is 0 Å². The zero-order chi connectivity index (χ0) is 26.1. The molecule has 0 bridgehead atoms. The van der Waals surface area contributed by atoms with Crippen molar-refractivity contribution in [2.75, 3.05) is 11.6 Å². The van der Waals surface area contributed by atoms with Crippen LogP contribution in [0.3, 0.4) is 0 Å². The van der Waals surface area contributed by atoms with Crippen LogP contribution < -0.4 is 14.6 Å². The standard InChI is InChI=1S/C21H15BrCl2N3O6PS2/c22-16-4-3-13(8-14(16)21(28)27-12-2-1-7-25-10-12)33-34(29,30)11-26-36(31,32)19-9-15-17(23)5-6-18(24)20(15)35-19/h1-10,26H,11H2,(H,27,28)(H,29,30). The number of halogens is 3. The number of thiophene rings is 1. The highest BCUT2D eigenvalue weighted by Gasteiger charge is 2.27. The van der Waals surface area contributed by atoms with Crippen LogP contribution in [0.4, 0.5) is 5.69 Å². The number of hydrogen-bond donors (Lipinski definition) is 3. The maximum atomic E-state index is 12.7. The van der Waals surface area contributed by atoms with Gasteiger partial charge in [0.1, 0.15) is 16.2 Å². The molecule has 0 saturated carbocycles. The van der Waals surface area contributed by atoms with Crippen LogP contribution in [-0.2, 0) is 14.6 Å². The number of nitrogens with one attached hydrogen (secondary N) is 2. The lowest BCUT2D eigenvalue weighted by molar-refractivity contribution is 0.102. The van der Waals surface area contributed by atoms with Crippen molar-refractivity contribution in [1.29, 1.82) is 0 Å². The van der Waals surface area contributed by atoms with E-state index in [1.54, 1.807) is 30.5 Å². The molecule has 1 atom stereocenters. The summed E-state index contributed by atoms with van der Waals surface area (Å²) < 4.78 is 46.1. The van der Waals surface area contributed by atoms with E-state index in [-0.39, 0.29) is 15.5 Å². The van der Waals surface area contributed by atoms with E-state index in [0.29, 0.717) is 30.3 Å². The van der Waals surface area contributed by atoms with Crippen molar-refractivity contribution in [1.82, 2.24) is 9.71 Å². The van der Waals surface area contributed by atoms with Crippen molar-refractivity contribution in [3.8, 4) is 5.75 Å². The molecule has 0 aliphatic heterocycles. The largest absolute Gasteiger partial charge is 0.424 e. The number of carbonyl (C=O) groups excluding carboxylic acids is 1. The van der Waals surface area contributed by atoms with Crippen molar-refractivity contribution in [3.63, 3.8) is 0 Å². The second-order valence-corrected chi connectivity index (χ2v) is 13.7. The van der Waals surface area contributed by atoms with Crippen LogP contribution in [0.2, 0.25) is 10.0 Å². The summed E-state index contributed by atoms with van der Waals surface area (Å²) in [5.74, 6) is -0.629. The smallest absolute Gasteiger partial charge is 0.391 e. The Morgan fingerprint density at radius 2 is 1.92 bits per heavy atom. The lowest BCUT2D eigenvalue weighted by Gasteiger charge is -2.15. The molecule has 4 rings (SSSR count). The number of aromatic nitrogens is 1. The Hall–Kier alpha value is -2.02. The number of hydrogen-bond acceptors (Lipinski definition) is 7. The van der Waals surface area contributed by atoms with Gasteiger partial charge in [-0.25, -0.2) is 13.0 Å². The topological polar surface area (TPSA) is 135 Å². The minimum absolute atomic E-state index is 0.111. The number of fused-ring (bicyclic) bond motifs is 1. The first-order valence-electron chi connectivity index (χ1n) is 9.85. The van der Waals surface area contributed by atoms with Gasteiger partial charge in [-0.1, -0.05) is 23.2 Å². The third kappa shape index (κ3) is 6.27. The van der Waals surface area contributed by atoms with Gasteiger partial charge >= 0.3 is 7.60 Å². The van der Waals surface area contributed by atoms with Gasteiger partial charge in [0.25, 0.3) is 15.9 Å². The first-order chi connectivity index (χ1) is 16.9. The quantitative estimate of drug-likeness (QED) is 0.196. The Balaban J connectivity index is 1.48. The highest BCUT2D eigenvalue weighted by Crippen LogP contribution is 2.43. The third-order valence-corrected chi connectivity index (χ3v) is 10.4. The predicted molar refractivity (Wildman–Crippen MR) is 144 cm³/mol. The van der Waals surface area contributed by atoms with Crippen molar-refractivity contribution >= 4 is 89.8 Å². The summed E-state index contributed by atoms with van der Waals surface area (Å²) in [6, 6.07) is 11.8. The number of anilines is 1. The second kappa shape index (κ2) is 10.8. The molecule has 0 fully saturated rings. The SMILES string of the molecule is O=C(Nc1cccnc1)c1cc(OP(=O)(O)CNS(=O)(=O)c2cc3c(Cl)ccc(Cl)c3s2)ccc1Br. The second-order valence-electron chi connectivity index (χ2n) is 7.21. The first-order valence-corrected chi connectivity index (χ1v) is 15.5. The molecule has 0 spiro atoms. The van der Waals surface area contributed by atoms with E-state index < -0.39 is 29.8 Å². The Kier molecular flexibility index (Phi) is 8.08. The third-order valence-electron chi connectivity index (χ3n) is 4.63. The monoisotopic (exact) mass is 649 g/mol. The maximum absolute atomic E-state index is 12.7. The molecule has 2 aromatic carbocycles. The van der Waals surface area contributed by atoms with Crippen LogP contribution in [0.1, 0.15) is 10.4 Å². The van der Waals surface area contributed by atoms with Crippen LogP contribution in [-0.4, -0.2) is 30.5 Å². The van der Waals surface area contributed by atoms with Gasteiger partial charge in [-0.05, 0) is 64.5 Å². The number of nitrogens with zero attached hydrogens (tertiary/aromatic N) is 1. The highest BCUT2D eigenvalue weighted by atomic mass is 79.9. The van der Waals surface area contributed by atoms with Crippen LogP contribution in [0.5, 0.6) is 5.75 Å². The molecule has 1 unspecified atom stereocenters. The van der Waals surface area contributed by atoms with Crippen molar-refractivity contribution in [2.45, 2.75) is 4.21 Å². The molecule has 0 aliphatic carbocycles. The lowest BCUT2D eigenvalue weighted by Crippen LogP contribution is -2.25. The average Bonchev–Trinajstić information content (AvgIpc) is 3.30. The van der Waals surface area contributed by atoms with Crippen molar-refractivity contribution < 1.29 is 27.2 Å². The molecule has 0 aliphatic rings. The summed E-state index contributed by atoms with van der Waals surface area (Å²) >= 11 is 16.4. The van der Waals surface area contributed by atoms with E-state index in [4.69, 9.17) is 27.7 Å². The fraction of sp³-hybridized carbons (Fsp3) is 0.0476. The average molecular weight is 651 g/mol. The van der Waals surface area contributed by atoms with E-state index >= 15 is 0 Å². The van der Waals surface area contributed by atoms with Gasteiger partial charge in [0.05, 0.1) is 27.2 Å². The minimum Gasteiger partial charge on any atom is -0.424 e. The Morgan fingerprint density at radius 1 is 1.17 bits per heavy atom. The molecule has 4 aromatic rings. The molecule has 3 N–H and O–H groups in total. The van der Waals surface area contributed by atoms with Gasteiger partial charge in [-0.3, -0.25) is 9.78 Å². The molecule has 9 nitrogen and oxygen atoms in total. The van der Waals surface area contributed by atoms with Gasteiger partial charge in [0, 0.05) is 21.1 Å². The number of rotatable bonds is 8. The summed E-state index contributed by atoms with van der Waals surface area (Å²) in [6.07, 6.45) is 2.09. The Labute approximate surface area is 228 Å². The van der Waals surface area contributed by atoms with E-state index in [2.05, 4.69) is 31.0 Å². The number of sulfonamides is 1. The fourth-order valence-corrected chi connectivity index (χ4v) is 7.89. The molecule has 0 radical (unpaired) electrons. The first kappa shape index (κ1) is 27.0. The zero-order valence-electron chi connectivity index (χ0n) is 17.8. The van der Waals surface area contributed by atoms with Gasteiger partial charge in [-0.2, -0.15) is 4.72 Å². The minimum atomic E-state index is -4.51. The maximum Gasteiger partial charge on any atom is 0.391 e. The van der Waals surface area contributed by atoms with Crippen LogP contribution in [0.15, 0.2) is 69.6 Å². The molecule has 2 heterocycles. The van der Waals surface area contributed by atoms with Gasteiger partial charge in [0.15, 0.2) is 0 Å². The van der Waals surface area contributed by atoms with E-state index in [0.717, 1.165) is 11.3 Å². The van der Waals surface area contributed by atoms with Gasteiger partial charge in [0.2, 0.25) is 0 Å².